The zero-order chi connectivity index (χ0) is 7.82. The van der Waals surface area contributed by atoms with Crippen molar-refractivity contribution in [3.8, 4) is 0 Å². The minimum Gasteiger partial charge on any atom is -0.394 e. The van der Waals surface area contributed by atoms with E-state index in [0.717, 1.165) is 0 Å². The molecule has 0 saturated heterocycles. The van der Waals surface area contributed by atoms with Gasteiger partial charge in [0.2, 0.25) is 11.3 Å². The van der Waals surface area contributed by atoms with E-state index in [-0.39, 0.29) is 13.2 Å². The van der Waals surface area contributed by atoms with Gasteiger partial charge in [0, 0.05) is 6.54 Å². The van der Waals surface area contributed by atoms with Crippen molar-refractivity contribution in [1.29, 1.82) is 0 Å². The van der Waals surface area contributed by atoms with Crippen molar-refractivity contribution in [1.82, 2.24) is 4.72 Å². The van der Waals surface area contributed by atoms with E-state index >= 15 is 0 Å². The lowest BCUT2D eigenvalue weighted by Crippen LogP contribution is -2.21. The summed E-state index contributed by atoms with van der Waals surface area (Å²) in [7, 11) is 0. The highest BCUT2D eigenvalue weighted by Gasteiger charge is 1.90. The molecule has 3 N–H and O–H groups in total. The molecule has 6 heteroatoms. The van der Waals surface area contributed by atoms with Crippen LogP contribution in [-0.4, -0.2) is 40.2 Å². The lowest BCUT2D eigenvalue weighted by molar-refractivity contribution is 0.0961. The summed E-state index contributed by atoms with van der Waals surface area (Å²) in [5.41, 5.74) is 0. The SMILES string of the molecule is O=S(O)NCCOCCO. The third-order valence-corrected chi connectivity index (χ3v) is 1.16. The standard InChI is InChI=1S/C4H11NO4S/c6-2-4-9-3-1-5-10(7)8/h5-6H,1-4H2,(H,7,8). The van der Waals surface area contributed by atoms with Crippen LogP contribution in [0.3, 0.4) is 0 Å². The molecular formula is C4H11NO4S. The quantitative estimate of drug-likeness (QED) is 0.342. The number of nitrogens with one attached hydrogen (secondary N) is 1. The third-order valence-electron chi connectivity index (χ3n) is 0.708. The molecule has 0 radical (unpaired) electrons. The summed E-state index contributed by atoms with van der Waals surface area (Å²) in [5.74, 6) is 0. The van der Waals surface area contributed by atoms with Crippen LogP contribution in [0.15, 0.2) is 0 Å². The Morgan fingerprint density at radius 2 is 2.20 bits per heavy atom. The van der Waals surface area contributed by atoms with E-state index in [4.69, 9.17) is 14.4 Å². The molecule has 0 aliphatic heterocycles. The van der Waals surface area contributed by atoms with Gasteiger partial charge < -0.3 is 9.84 Å². The van der Waals surface area contributed by atoms with Crippen LogP contribution < -0.4 is 4.72 Å². The Hall–Kier alpha value is -0.0100. The molecule has 62 valence electrons. The molecule has 1 unspecified atom stereocenters. The minimum atomic E-state index is -1.96. The Balaban J connectivity index is 2.84. The first-order valence-electron chi connectivity index (χ1n) is 2.80. The van der Waals surface area contributed by atoms with Crippen molar-refractivity contribution in [2.45, 2.75) is 0 Å². The molecule has 0 aromatic rings. The predicted molar refractivity (Wildman–Crippen MR) is 36.7 cm³/mol. The highest BCUT2D eigenvalue weighted by atomic mass is 32.2. The topological polar surface area (TPSA) is 78.8 Å². The van der Waals surface area contributed by atoms with Crippen molar-refractivity contribution in [2.24, 2.45) is 0 Å². The van der Waals surface area contributed by atoms with Crippen LogP contribution in [0.5, 0.6) is 0 Å². The molecule has 0 aromatic heterocycles. The first-order chi connectivity index (χ1) is 4.77. The summed E-state index contributed by atoms with van der Waals surface area (Å²) >= 11 is -1.96. The molecule has 0 rings (SSSR count). The maximum atomic E-state index is 9.93. The van der Waals surface area contributed by atoms with Crippen LogP contribution in [0.4, 0.5) is 0 Å². The van der Waals surface area contributed by atoms with E-state index in [0.29, 0.717) is 13.2 Å². The number of ether oxygens (including phenoxy) is 1. The van der Waals surface area contributed by atoms with Crippen molar-refractivity contribution < 1.29 is 18.6 Å². The predicted octanol–water partition coefficient (Wildman–Crippen LogP) is -1.28. The summed E-state index contributed by atoms with van der Waals surface area (Å²) < 4.78 is 25.1. The van der Waals surface area contributed by atoms with Crippen LogP contribution in [0.1, 0.15) is 0 Å². The number of aliphatic hydroxyl groups is 1. The zero-order valence-electron chi connectivity index (χ0n) is 5.45. The fourth-order valence-electron chi connectivity index (χ4n) is 0.368. The first-order valence-corrected chi connectivity index (χ1v) is 3.91. The number of aliphatic hydroxyl groups excluding tert-OH is 1. The zero-order valence-corrected chi connectivity index (χ0v) is 6.26. The first kappa shape index (κ1) is 9.99. The van der Waals surface area contributed by atoms with E-state index in [2.05, 4.69) is 4.72 Å². The van der Waals surface area contributed by atoms with Gasteiger partial charge in [-0.3, -0.25) is 4.55 Å². The van der Waals surface area contributed by atoms with Crippen LogP contribution in [0, 0.1) is 0 Å². The Morgan fingerprint density at radius 3 is 2.70 bits per heavy atom. The maximum Gasteiger partial charge on any atom is 0.231 e. The molecule has 0 aromatic carbocycles. The van der Waals surface area contributed by atoms with Gasteiger partial charge in [0.15, 0.2) is 0 Å². The Labute approximate surface area is 61.8 Å². The molecule has 0 spiro atoms. The lowest BCUT2D eigenvalue weighted by Gasteiger charge is -1.99. The average Bonchev–Trinajstić information content (AvgIpc) is 1.87. The van der Waals surface area contributed by atoms with Crippen molar-refractivity contribution in [3.63, 3.8) is 0 Å². The van der Waals surface area contributed by atoms with Gasteiger partial charge in [-0.15, -0.1) is 0 Å². The van der Waals surface area contributed by atoms with Crippen molar-refractivity contribution in [2.75, 3.05) is 26.4 Å². The fraction of sp³-hybridized carbons (Fsp3) is 1.00. The van der Waals surface area contributed by atoms with Crippen LogP contribution in [0.2, 0.25) is 0 Å². The number of hydrogen-bond donors (Lipinski definition) is 3. The molecule has 0 amide bonds. The largest absolute Gasteiger partial charge is 0.394 e. The fourth-order valence-corrected chi connectivity index (χ4v) is 0.626. The molecule has 0 aliphatic rings. The van der Waals surface area contributed by atoms with Crippen LogP contribution >= 0.6 is 0 Å². The summed E-state index contributed by atoms with van der Waals surface area (Å²) in [5, 5.41) is 8.22. The van der Waals surface area contributed by atoms with Gasteiger partial charge in [0.05, 0.1) is 19.8 Å². The molecule has 0 aliphatic carbocycles. The molecule has 0 heterocycles. The summed E-state index contributed by atoms with van der Waals surface area (Å²) in [6.45, 7) is 0.873. The molecule has 10 heavy (non-hydrogen) atoms. The van der Waals surface area contributed by atoms with Crippen molar-refractivity contribution in [3.05, 3.63) is 0 Å². The van der Waals surface area contributed by atoms with Gasteiger partial charge in [-0.05, 0) is 0 Å². The normalized spacial score (nSPS) is 13.4. The average molecular weight is 169 g/mol. The molecule has 1 atom stereocenters. The summed E-state index contributed by atoms with van der Waals surface area (Å²) in [4.78, 5) is 0. The van der Waals surface area contributed by atoms with Gasteiger partial charge in [-0.1, -0.05) is 0 Å². The molecule has 0 saturated carbocycles. The van der Waals surface area contributed by atoms with Gasteiger partial charge in [-0.2, -0.15) is 0 Å². The monoisotopic (exact) mass is 169 g/mol. The second-order valence-electron chi connectivity index (χ2n) is 1.48. The van der Waals surface area contributed by atoms with E-state index in [1.807, 2.05) is 0 Å². The Bertz CT molecular complexity index is 99.3. The van der Waals surface area contributed by atoms with E-state index < -0.39 is 11.3 Å². The van der Waals surface area contributed by atoms with Crippen LogP contribution in [-0.2, 0) is 16.0 Å². The molecule has 5 nitrogen and oxygen atoms in total. The maximum absolute atomic E-state index is 9.93. The summed E-state index contributed by atoms with van der Waals surface area (Å²) in [6, 6.07) is 0. The molecule has 0 fully saturated rings. The second kappa shape index (κ2) is 7.10. The van der Waals surface area contributed by atoms with Gasteiger partial charge >= 0.3 is 0 Å². The van der Waals surface area contributed by atoms with E-state index in [9.17, 15) is 4.21 Å². The number of rotatable bonds is 6. The Morgan fingerprint density at radius 1 is 1.50 bits per heavy atom. The highest BCUT2D eigenvalue weighted by Crippen LogP contribution is 1.71. The van der Waals surface area contributed by atoms with Crippen molar-refractivity contribution >= 4 is 11.3 Å². The molecular weight excluding hydrogens is 158 g/mol. The van der Waals surface area contributed by atoms with Gasteiger partial charge in [-0.25, -0.2) is 8.93 Å². The van der Waals surface area contributed by atoms with Gasteiger partial charge in [0.25, 0.3) is 0 Å². The van der Waals surface area contributed by atoms with Crippen LogP contribution in [0.25, 0.3) is 0 Å². The summed E-state index contributed by atoms with van der Waals surface area (Å²) in [6.07, 6.45) is 0. The second-order valence-corrected chi connectivity index (χ2v) is 2.27. The van der Waals surface area contributed by atoms with E-state index in [1.54, 1.807) is 0 Å². The number of hydrogen-bond acceptors (Lipinski definition) is 3. The third kappa shape index (κ3) is 7.99. The highest BCUT2D eigenvalue weighted by molar-refractivity contribution is 7.77. The minimum absolute atomic E-state index is 0.0256. The van der Waals surface area contributed by atoms with E-state index in [1.165, 1.54) is 0 Å². The molecule has 0 bridgehead atoms. The Kier molecular flexibility index (Phi) is 7.09. The lowest BCUT2D eigenvalue weighted by atomic mass is 10.7. The smallest absolute Gasteiger partial charge is 0.231 e. The van der Waals surface area contributed by atoms with Gasteiger partial charge in [0.1, 0.15) is 0 Å².